The fourth-order valence-corrected chi connectivity index (χ4v) is 3.85. The Balaban J connectivity index is 1.69. The molecule has 3 aromatic rings. The average Bonchev–Trinajstić information content (AvgIpc) is 3.70. The fraction of sp³-hybridized carbons (Fsp3) is 0.259. The zero-order chi connectivity index (χ0) is 25.8. The molecular weight excluding hydrogens is 458 g/mol. The second-order valence-electron chi connectivity index (χ2n) is 8.46. The second-order valence-corrected chi connectivity index (χ2v) is 8.46. The van der Waals surface area contributed by atoms with E-state index >= 15 is 0 Å². The molecule has 1 heterocycles. The Bertz CT molecular complexity index is 1390. The Kier molecular flexibility index (Phi) is 7.06. The molecular formula is C27H27N5O4. The lowest BCUT2D eigenvalue weighted by atomic mass is 10.0. The van der Waals surface area contributed by atoms with Gasteiger partial charge in [0.25, 0.3) is 0 Å². The predicted molar refractivity (Wildman–Crippen MR) is 137 cm³/mol. The summed E-state index contributed by atoms with van der Waals surface area (Å²) in [5, 5.41) is 0. The maximum absolute atomic E-state index is 12.6. The maximum atomic E-state index is 12.6. The molecule has 4 rings (SSSR count). The number of carbonyl (C=O) groups excluding carboxylic acids is 2. The number of ether oxygens (including phenoxy) is 2. The lowest BCUT2D eigenvalue weighted by molar-refractivity contribution is -0.126. The van der Waals surface area contributed by atoms with Crippen LogP contribution in [0, 0.1) is 17.8 Å². The molecule has 184 valence electrons. The van der Waals surface area contributed by atoms with E-state index in [-0.39, 0.29) is 23.7 Å². The summed E-state index contributed by atoms with van der Waals surface area (Å²) in [6.45, 7) is 1.39. The first-order chi connectivity index (χ1) is 17.3. The van der Waals surface area contributed by atoms with Crippen molar-refractivity contribution in [2.45, 2.75) is 26.2 Å². The van der Waals surface area contributed by atoms with E-state index < -0.39 is 0 Å². The van der Waals surface area contributed by atoms with Crippen molar-refractivity contribution in [3.63, 3.8) is 0 Å². The van der Waals surface area contributed by atoms with Crippen molar-refractivity contribution >= 4 is 29.3 Å². The number of anilines is 3. The van der Waals surface area contributed by atoms with Gasteiger partial charge in [-0.3, -0.25) is 14.5 Å². The van der Waals surface area contributed by atoms with E-state index in [1.807, 2.05) is 18.2 Å². The first-order valence-corrected chi connectivity index (χ1v) is 11.4. The molecule has 0 atom stereocenters. The van der Waals surface area contributed by atoms with Crippen molar-refractivity contribution in [3.05, 3.63) is 64.8 Å². The van der Waals surface area contributed by atoms with Gasteiger partial charge in [-0.1, -0.05) is 17.9 Å². The topological polar surface area (TPSA) is 134 Å². The predicted octanol–water partition coefficient (Wildman–Crippen LogP) is 2.94. The number of nitrogens with two attached hydrogens (primary N) is 2. The summed E-state index contributed by atoms with van der Waals surface area (Å²) in [4.78, 5) is 34.1. The summed E-state index contributed by atoms with van der Waals surface area (Å²) < 4.78 is 11.1. The number of carbonyl (C=O) groups is 2. The molecule has 0 aliphatic heterocycles. The molecule has 0 saturated heterocycles. The van der Waals surface area contributed by atoms with Crippen molar-refractivity contribution in [2.24, 2.45) is 5.92 Å². The van der Waals surface area contributed by atoms with Crippen LogP contribution in [-0.2, 0) is 16.0 Å². The minimum absolute atomic E-state index is 0.0800. The van der Waals surface area contributed by atoms with Gasteiger partial charge < -0.3 is 20.9 Å². The Hall–Kier alpha value is -4.58. The molecule has 1 aliphatic rings. The van der Waals surface area contributed by atoms with Crippen LogP contribution in [-0.4, -0.2) is 36.0 Å². The quantitative estimate of drug-likeness (QED) is 0.509. The van der Waals surface area contributed by atoms with Crippen molar-refractivity contribution in [1.82, 2.24) is 9.97 Å². The zero-order valence-electron chi connectivity index (χ0n) is 20.4. The average molecular weight is 486 g/mol. The summed E-state index contributed by atoms with van der Waals surface area (Å²) >= 11 is 0. The molecule has 9 nitrogen and oxygen atoms in total. The van der Waals surface area contributed by atoms with E-state index in [1.165, 1.54) is 11.8 Å². The molecule has 0 unspecified atom stereocenters. The highest BCUT2D eigenvalue weighted by Crippen LogP contribution is 2.34. The Labute approximate surface area is 209 Å². The van der Waals surface area contributed by atoms with E-state index in [0.717, 1.165) is 18.4 Å². The molecule has 1 aromatic heterocycles. The molecule has 0 bridgehead atoms. The van der Waals surface area contributed by atoms with Crippen LogP contribution in [0.15, 0.2) is 42.6 Å². The zero-order valence-corrected chi connectivity index (χ0v) is 20.4. The van der Waals surface area contributed by atoms with Crippen LogP contribution in [0.2, 0.25) is 0 Å². The van der Waals surface area contributed by atoms with Gasteiger partial charge in [-0.05, 0) is 48.7 Å². The van der Waals surface area contributed by atoms with Crippen LogP contribution in [0.25, 0.3) is 0 Å². The standard InChI is InChI=1S/C27H27N5O4/c1-16(33)32(26(34)19-9-10-19)22-6-4-5-17(13-22)7-8-20-11-18(14-23(35-2)24(20)36-3)12-21-15-30-27(29)31-25(21)28/h4-6,11,13-15,19H,9-10,12H2,1-3H3,(H4,28,29,30,31). The molecule has 1 aliphatic carbocycles. The molecule has 9 heteroatoms. The van der Waals surface area contributed by atoms with E-state index in [0.29, 0.717) is 46.1 Å². The lowest BCUT2D eigenvalue weighted by Gasteiger charge is -2.19. The summed E-state index contributed by atoms with van der Waals surface area (Å²) in [6.07, 6.45) is 3.66. The summed E-state index contributed by atoms with van der Waals surface area (Å²) in [7, 11) is 3.10. The van der Waals surface area contributed by atoms with Gasteiger partial charge in [-0.2, -0.15) is 4.98 Å². The van der Waals surface area contributed by atoms with Crippen molar-refractivity contribution in [1.29, 1.82) is 0 Å². The van der Waals surface area contributed by atoms with Gasteiger partial charge in [-0.25, -0.2) is 4.98 Å². The van der Waals surface area contributed by atoms with Crippen LogP contribution in [0.1, 0.15) is 42.0 Å². The summed E-state index contributed by atoms with van der Waals surface area (Å²) in [6, 6.07) is 10.8. The molecule has 36 heavy (non-hydrogen) atoms. The number of benzene rings is 2. The Morgan fingerprint density at radius 1 is 1.11 bits per heavy atom. The molecule has 0 spiro atoms. The molecule has 1 saturated carbocycles. The third-order valence-electron chi connectivity index (χ3n) is 5.76. The number of hydrogen-bond acceptors (Lipinski definition) is 8. The molecule has 4 N–H and O–H groups in total. The Morgan fingerprint density at radius 2 is 1.89 bits per heavy atom. The van der Waals surface area contributed by atoms with E-state index in [2.05, 4.69) is 21.8 Å². The molecule has 2 aromatic carbocycles. The lowest BCUT2D eigenvalue weighted by Crippen LogP contribution is -2.36. The van der Waals surface area contributed by atoms with Crippen LogP contribution in [0.4, 0.5) is 17.5 Å². The smallest absolute Gasteiger partial charge is 0.236 e. The minimum atomic E-state index is -0.318. The van der Waals surface area contributed by atoms with Crippen LogP contribution < -0.4 is 25.8 Å². The third kappa shape index (κ3) is 5.39. The first-order valence-electron chi connectivity index (χ1n) is 11.4. The molecule has 2 amide bonds. The van der Waals surface area contributed by atoms with Gasteiger partial charge in [0.2, 0.25) is 17.8 Å². The summed E-state index contributed by atoms with van der Waals surface area (Å²) in [5.41, 5.74) is 14.9. The second kappa shape index (κ2) is 10.4. The number of rotatable bonds is 6. The number of aromatic nitrogens is 2. The van der Waals surface area contributed by atoms with Crippen molar-refractivity contribution in [2.75, 3.05) is 30.6 Å². The van der Waals surface area contributed by atoms with Crippen LogP contribution in [0.5, 0.6) is 11.5 Å². The maximum Gasteiger partial charge on any atom is 0.236 e. The minimum Gasteiger partial charge on any atom is -0.493 e. The largest absolute Gasteiger partial charge is 0.493 e. The molecule has 0 radical (unpaired) electrons. The highest BCUT2D eigenvalue weighted by atomic mass is 16.5. The van der Waals surface area contributed by atoms with Gasteiger partial charge in [0.15, 0.2) is 11.5 Å². The van der Waals surface area contributed by atoms with E-state index in [1.54, 1.807) is 38.6 Å². The molecule has 1 fully saturated rings. The SMILES string of the molecule is COc1cc(Cc2cnc(N)nc2N)cc(C#Cc2cccc(N(C(C)=O)C(=O)C3CC3)c2)c1OC. The highest BCUT2D eigenvalue weighted by Gasteiger charge is 2.35. The fourth-order valence-electron chi connectivity index (χ4n) is 3.85. The number of nitrogens with zero attached hydrogens (tertiary/aromatic N) is 3. The Morgan fingerprint density at radius 3 is 2.53 bits per heavy atom. The number of hydrogen-bond donors (Lipinski definition) is 2. The van der Waals surface area contributed by atoms with E-state index in [4.69, 9.17) is 20.9 Å². The van der Waals surface area contributed by atoms with Gasteiger partial charge in [0.05, 0.1) is 25.5 Å². The van der Waals surface area contributed by atoms with Gasteiger partial charge in [0.1, 0.15) is 5.82 Å². The monoisotopic (exact) mass is 485 g/mol. The van der Waals surface area contributed by atoms with Crippen LogP contribution in [0.3, 0.4) is 0 Å². The summed E-state index contributed by atoms with van der Waals surface area (Å²) in [5.74, 6) is 7.10. The van der Waals surface area contributed by atoms with Gasteiger partial charge in [-0.15, -0.1) is 0 Å². The number of amides is 2. The van der Waals surface area contributed by atoms with Gasteiger partial charge >= 0.3 is 0 Å². The van der Waals surface area contributed by atoms with Crippen LogP contribution >= 0.6 is 0 Å². The number of methoxy groups -OCH3 is 2. The highest BCUT2D eigenvalue weighted by molar-refractivity contribution is 6.15. The van der Waals surface area contributed by atoms with Crippen molar-refractivity contribution in [3.8, 4) is 23.3 Å². The number of imide groups is 1. The normalized spacial score (nSPS) is 12.3. The first kappa shape index (κ1) is 24.5. The van der Waals surface area contributed by atoms with Gasteiger partial charge in [0, 0.05) is 36.6 Å². The third-order valence-corrected chi connectivity index (χ3v) is 5.76. The van der Waals surface area contributed by atoms with E-state index in [9.17, 15) is 9.59 Å². The number of nitrogen functional groups attached to an aromatic ring is 2. The van der Waals surface area contributed by atoms with Crippen molar-refractivity contribution < 1.29 is 19.1 Å².